The van der Waals surface area contributed by atoms with E-state index in [0.717, 1.165) is 18.8 Å². The predicted octanol–water partition coefficient (Wildman–Crippen LogP) is 1.74. The lowest BCUT2D eigenvalue weighted by Crippen LogP contribution is -2.39. The largest absolute Gasteiger partial charge is 0.382 e. The molecule has 0 bridgehead atoms. The highest BCUT2D eigenvalue weighted by Gasteiger charge is 2.30. The van der Waals surface area contributed by atoms with Gasteiger partial charge in [-0.05, 0) is 24.8 Å². The zero-order chi connectivity index (χ0) is 11.4. The first kappa shape index (κ1) is 11.5. The molecule has 1 aliphatic carbocycles. The SMILES string of the molecule is Cn1cc(NCC2(CN)CCCCC2)cn1. The molecule has 1 heterocycles. The molecule has 0 atom stereocenters. The Kier molecular flexibility index (Phi) is 3.49. The molecule has 0 aromatic carbocycles. The number of nitrogens with two attached hydrogens (primary N) is 1. The quantitative estimate of drug-likeness (QED) is 0.816. The molecular weight excluding hydrogens is 200 g/mol. The Hall–Kier alpha value is -1.03. The standard InChI is InChI=1S/C12H22N4/c1-16-8-11(7-15-16)14-10-12(9-13)5-3-2-4-6-12/h7-8,14H,2-6,9-10,13H2,1H3. The van der Waals surface area contributed by atoms with E-state index in [1.54, 1.807) is 0 Å². The third-order valence-electron chi connectivity index (χ3n) is 3.72. The average molecular weight is 222 g/mol. The Bertz CT molecular complexity index is 326. The number of aryl methyl sites for hydroxylation is 1. The van der Waals surface area contributed by atoms with Crippen molar-refractivity contribution in [1.82, 2.24) is 9.78 Å². The van der Waals surface area contributed by atoms with Crippen LogP contribution >= 0.6 is 0 Å². The van der Waals surface area contributed by atoms with E-state index in [2.05, 4.69) is 10.4 Å². The second-order valence-corrected chi connectivity index (χ2v) is 5.02. The van der Waals surface area contributed by atoms with Gasteiger partial charge >= 0.3 is 0 Å². The Morgan fingerprint density at radius 3 is 2.75 bits per heavy atom. The molecule has 1 aliphatic rings. The molecule has 4 heteroatoms. The van der Waals surface area contributed by atoms with Gasteiger partial charge in [0.05, 0.1) is 11.9 Å². The summed E-state index contributed by atoms with van der Waals surface area (Å²) in [5, 5.41) is 7.62. The van der Waals surface area contributed by atoms with E-state index in [0.29, 0.717) is 5.41 Å². The van der Waals surface area contributed by atoms with E-state index < -0.39 is 0 Å². The second kappa shape index (κ2) is 4.87. The second-order valence-electron chi connectivity index (χ2n) is 5.02. The van der Waals surface area contributed by atoms with E-state index in [1.165, 1.54) is 32.1 Å². The molecule has 0 radical (unpaired) electrons. The van der Waals surface area contributed by atoms with Gasteiger partial charge in [0.1, 0.15) is 0 Å². The van der Waals surface area contributed by atoms with Crippen LogP contribution in [0, 0.1) is 5.41 Å². The number of aromatic nitrogens is 2. The normalized spacial score (nSPS) is 19.6. The maximum atomic E-state index is 5.95. The lowest BCUT2D eigenvalue weighted by molar-refractivity contribution is 0.215. The lowest BCUT2D eigenvalue weighted by Gasteiger charge is -2.36. The van der Waals surface area contributed by atoms with Crippen LogP contribution in [0.5, 0.6) is 0 Å². The van der Waals surface area contributed by atoms with Crippen molar-refractivity contribution in [2.75, 3.05) is 18.4 Å². The van der Waals surface area contributed by atoms with Crippen molar-refractivity contribution in [1.29, 1.82) is 0 Å². The van der Waals surface area contributed by atoms with Crippen LogP contribution in [0.4, 0.5) is 5.69 Å². The van der Waals surface area contributed by atoms with Gasteiger partial charge < -0.3 is 11.1 Å². The molecule has 90 valence electrons. The molecule has 2 rings (SSSR count). The monoisotopic (exact) mass is 222 g/mol. The van der Waals surface area contributed by atoms with Crippen LogP contribution in [0.25, 0.3) is 0 Å². The Labute approximate surface area is 97.2 Å². The van der Waals surface area contributed by atoms with Crippen molar-refractivity contribution in [2.45, 2.75) is 32.1 Å². The van der Waals surface area contributed by atoms with Gasteiger partial charge in [0, 0.05) is 19.8 Å². The zero-order valence-electron chi connectivity index (χ0n) is 10.1. The van der Waals surface area contributed by atoms with Gasteiger partial charge in [-0.15, -0.1) is 0 Å². The summed E-state index contributed by atoms with van der Waals surface area (Å²) in [5.41, 5.74) is 7.36. The Morgan fingerprint density at radius 1 is 1.44 bits per heavy atom. The lowest BCUT2D eigenvalue weighted by atomic mass is 9.74. The van der Waals surface area contributed by atoms with E-state index in [1.807, 2.05) is 24.1 Å². The molecular formula is C12H22N4. The first-order chi connectivity index (χ1) is 7.74. The van der Waals surface area contributed by atoms with Gasteiger partial charge in [0.25, 0.3) is 0 Å². The molecule has 0 aliphatic heterocycles. The van der Waals surface area contributed by atoms with E-state index >= 15 is 0 Å². The molecule has 1 aromatic heterocycles. The van der Waals surface area contributed by atoms with Crippen LogP contribution in [0.2, 0.25) is 0 Å². The number of hydrogen-bond acceptors (Lipinski definition) is 3. The van der Waals surface area contributed by atoms with Crippen molar-refractivity contribution in [3.8, 4) is 0 Å². The highest BCUT2D eigenvalue weighted by Crippen LogP contribution is 2.35. The van der Waals surface area contributed by atoms with E-state index in [4.69, 9.17) is 5.73 Å². The zero-order valence-corrected chi connectivity index (χ0v) is 10.1. The highest BCUT2D eigenvalue weighted by atomic mass is 15.3. The fraction of sp³-hybridized carbons (Fsp3) is 0.750. The van der Waals surface area contributed by atoms with Gasteiger partial charge in [0.2, 0.25) is 0 Å². The molecule has 0 saturated heterocycles. The van der Waals surface area contributed by atoms with Gasteiger partial charge in [0.15, 0.2) is 0 Å². The summed E-state index contributed by atoms with van der Waals surface area (Å²) in [5.74, 6) is 0. The first-order valence-corrected chi connectivity index (χ1v) is 6.17. The third-order valence-corrected chi connectivity index (χ3v) is 3.72. The van der Waals surface area contributed by atoms with Crippen LogP contribution in [0.1, 0.15) is 32.1 Å². The van der Waals surface area contributed by atoms with Gasteiger partial charge in [-0.1, -0.05) is 19.3 Å². The summed E-state index contributed by atoms with van der Waals surface area (Å²) < 4.78 is 1.82. The molecule has 0 amide bonds. The molecule has 1 aromatic rings. The molecule has 4 nitrogen and oxygen atoms in total. The first-order valence-electron chi connectivity index (χ1n) is 6.17. The van der Waals surface area contributed by atoms with Crippen LogP contribution in [-0.4, -0.2) is 22.9 Å². The molecule has 3 N–H and O–H groups in total. The van der Waals surface area contributed by atoms with Crippen molar-refractivity contribution in [2.24, 2.45) is 18.2 Å². The van der Waals surface area contributed by atoms with Gasteiger partial charge in [-0.25, -0.2) is 0 Å². The topological polar surface area (TPSA) is 55.9 Å². The summed E-state index contributed by atoms with van der Waals surface area (Å²) >= 11 is 0. The minimum absolute atomic E-state index is 0.314. The fourth-order valence-electron chi connectivity index (χ4n) is 2.56. The van der Waals surface area contributed by atoms with Crippen molar-refractivity contribution in [3.05, 3.63) is 12.4 Å². The summed E-state index contributed by atoms with van der Waals surface area (Å²) in [6.45, 7) is 1.77. The highest BCUT2D eigenvalue weighted by molar-refractivity contribution is 5.38. The average Bonchev–Trinajstić information content (AvgIpc) is 2.74. The summed E-state index contributed by atoms with van der Waals surface area (Å²) in [6.07, 6.45) is 10.4. The van der Waals surface area contributed by atoms with Crippen LogP contribution in [0.15, 0.2) is 12.4 Å². The van der Waals surface area contributed by atoms with Crippen LogP contribution in [0.3, 0.4) is 0 Å². The van der Waals surface area contributed by atoms with E-state index in [9.17, 15) is 0 Å². The molecule has 1 saturated carbocycles. The predicted molar refractivity (Wildman–Crippen MR) is 66.3 cm³/mol. The van der Waals surface area contributed by atoms with Crippen molar-refractivity contribution < 1.29 is 0 Å². The van der Waals surface area contributed by atoms with E-state index in [-0.39, 0.29) is 0 Å². The maximum absolute atomic E-state index is 5.95. The number of nitrogens with one attached hydrogen (secondary N) is 1. The van der Waals surface area contributed by atoms with Crippen LogP contribution < -0.4 is 11.1 Å². The smallest absolute Gasteiger partial charge is 0.0726 e. The fourth-order valence-corrected chi connectivity index (χ4v) is 2.56. The number of nitrogens with zero attached hydrogens (tertiary/aromatic N) is 2. The van der Waals surface area contributed by atoms with Crippen LogP contribution in [-0.2, 0) is 7.05 Å². The number of anilines is 1. The minimum Gasteiger partial charge on any atom is -0.382 e. The third kappa shape index (κ3) is 2.55. The minimum atomic E-state index is 0.314. The van der Waals surface area contributed by atoms with Crippen molar-refractivity contribution >= 4 is 5.69 Å². The Balaban J connectivity index is 1.91. The summed E-state index contributed by atoms with van der Waals surface area (Å²) in [4.78, 5) is 0. The number of rotatable bonds is 4. The Morgan fingerprint density at radius 2 is 2.19 bits per heavy atom. The van der Waals surface area contributed by atoms with Crippen molar-refractivity contribution in [3.63, 3.8) is 0 Å². The molecule has 0 unspecified atom stereocenters. The van der Waals surface area contributed by atoms with Gasteiger partial charge in [-0.3, -0.25) is 4.68 Å². The molecule has 0 spiro atoms. The summed E-state index contributed by atoms with van der Waals surface area (Å²) in [7, 11) is 1.94. The molecule has 1 fully saturated rings. The summed E-state index contributed by atoms with van der Waals surface area (Å²) in [6, 6.07) is 0. The van der Waals surface area contributed by atoms with Gasteiger partial charge in [-0.2, -0.15) is 5.10 Å². The number of hydrogen-bond donors (Lipinski definition) is 2. The molecule has 16 heavy (non-hydrogen) atoms. The maximum Gasteiger partial charge on any atom is 0.0726 e.